The smallest absolute Gasteiger partial charge is 0.250 e. The summed E-state index contributed by atoms with van der Waals surface area (Å²) in [5.74, 6) is 5.94. The Morgan fingerprint density at radius 3 is 2.41 bits per heavy atom. The van der Waals surface area contributed by atoms with Gasteiger partial charge >= 0.3 is 0 Å². The number of benzene rings is 1. The van der Waals surface area contributed by atoms with E-state index in [0.717, 1.165) is 63.1 Å². The number of thiophene rings is 2. The predicted octanol–water partition coefficient (Wildman–Crippen LogP) is 4.94. The van der Waals surface area contributed by atoms with Crippen molar-refractivity contribution in [1.29, 1.82) is 0 Å². The largest absolute Gasteiger partial charge is 0.387 e. The minimum Gasteiger partial charge on any atom is -0.387 e. The Bertz CT molecular complexity index is 2190. The summed E-state index contributed by atoms with van der Waals surface area (Å²) in [6.07, 6.45) is 7.54. The van der Waals surface area contributed by atoms with Gasteiger partial charge in [-0.05, 0) is 48.7 Å². The highest BCUT2D eigenvalue weighted by Crippen LogP contribution is 2.41. The molecule has 4 atom stereocenters. The zero-order chi connectivity index (χ0) is 37.9. The number of aromatic amines is 1. The van der Waals surface area contributed by atoms with E-state index in [1.807, 2.05) is 55.3 Å². The molecule has 280 valence electrons. The van der Waals surface area contributed by atoms with Crippen LogP contribution in [-0.4, -0.2) is 86.0 Å². The summed E-state index contributed by atoms with van der Waals surface area (Å²) in [5.41, 5.74) is 5.55. The second-order valence-electron chi connectivity index (χ2n) is 14.2. The van der Waals surface area contributed by atoms with Gasteiger partial charge in [-0.25, -0.2) is 4.98 Å². The van der Waals surface area contributed by atoms with Crippen LogP contribution in [0.4, 0.5) is 0 Å². The van der Waals surface area contributed by atoms with E-state index in [4.69, 9.17) is 4.99 Å². The summed E-state index contributed by atoms with van der Waals surface area (Å²) in [4.78, 5) is 67.7. The lowest BCUT2D eigenvalue weighted by Crippen LogP contribution is -2.51. The number of carbonyl (C=O) groups excluding carboxylic acids is 4. The molecule has 2 saturated heterocycles. The Balaban J connectivity index is 1.02. The van der Waals surface area contributed by atoms with E-state index in [2.05, 4.69) is 43.2 Å². The van der Waals surface area contributed by atoms with E-state index < -0.39 is 24.6 Å². The number of H-pyrrole nitrogens is 1. The molecule has 1 aromatic carbocycles. The average molecular weight is 766 g/mol. The van der Waals surface area contributed by atoms with Gasteiger partial charge < -0.3 is 30.5 Å². The van der Waals surface area contributed by atoms with E-state index in [1.165, 1.54) is 6.92 Å². The van der Waals surface area contributed by atoms with Gasteiger partial charge in [0.05, 0.1) is 33.2 Å². The van der Waals surface area contributed by atoms with E-state index in [0.29, 0.717) is 31.0 Å². The molecule has 0 bridgehead atoms. The fraction of sp³-hybridized carbons (Fsp3) is 0.400. The van der Waals surface area contributed by atoms with Gasteiger partial charge in [-0.2, -0.15) is 0 Å². The first-order chi connectivity index (χ1) is 26.1. The summed E-state index contributed by atoms with van der Waals surface area (Å²) in [6.45, 7) is 5.68. The number of aliphatic hydroxyl groups excluding tert-OH is 1. The molecule has 4 amide bonds. The van der Waals surface area contributed by atoms with Crippen molar-refractivity contribution in [3.05, 3.63) is 81.7 Å². The zero-order valence-electron chi connectivity index (χ0n) is 30.4. The molecule has 3 aliphatic rings. The highest BCUT2D eigenvalue weighted by Gasteiger charge is 2.39. The number of allylic oxidation sites excluding steroid dienone is 1. The average Bonchev–Trinajstić information content (AvgIpc) is 4.01. The molecule has 3 aromatic heterocycles. The number of nitrogens with zero attached hydrogens (tertiary/aromatic N) is 4. The second-order valence-corrected chi connectivity index (χ2v) is 16.0. The van der Waals surface area contributed by atoms with Crippen molar-refractivity contribution in [2.75, 3.05) is 19.7 Å². The number of hydrogen-bond acceptors (Lipinski definition) is 9. The van der Waals surface area contributed by atoms with Crippen molar-refractivity contribution in [3.63, 3.8) is 0 Å². The van der Waals surface area contributed by atoms with Crippen molar-refractivity contribution in [1.82, 2.24) is 30.4 Å². The van der Waals surface area contributed by atoms with Crippen LogP contribution in [0.5, 0.6) is 0 Å². The fourth-order valence-corrected chi connectivity index (χ4v) is 9.90. The highest BCUT2D eigenvalue weighted by atomic mass is 32.1. The summed E-state index contributed by atoms with van der Waals surface area (Å²) in [7, 11) is 0. The Morgan fingerprint density at radius 1 is 0.963 bits per heavy atom. The molecule has 0 aliphatic carbocycles. The Hall–Kier alpha value is -5.10. The normalized spacial score (nSPS) is 19.4. The van der Waals surface area contributed by atoms with Crippen LogP contribution in [0.3, 0.4) is 0 Å². The number of nitrogens with one attached hydrogen (secondary N) is 3. The summed E-state index contributed by atoms with van der Waals surface area (Å²) in [5, 5.41) is 19.0. The molecule has 0 radical (unpaired) electrons. The number of likely N-dealkylation sites (tertiary alicyclic amines) is 2. The van der Waals surface area contributed by atoms with Gasteiger partial charge in [0, 0.05) is 54.7 Å². The van der Waals surface area contributed by atoms with Crippen molar-refractivity contribution in [2.45, 2.75) is 77.0 Å². The van der Waals surface area contributed by atoms with Crippen LogP contribution in [0, 0.1) is 17.8 Å². The SMILES string of the molecule is CC(=O)N[C@@H](C(=O)N1CCCC1C1=NC=C(c2csc3c(C#Cc4cnc(C5CCCN5C(=O)[C@@H](NC(=O)CO)C(C)C)[nH]4)csc23)C1)c1ccccc1. The van der Waals surface area contributed by atoms with Crippen LogP contribution in [0.25, 0.3) is 15.0 Å². The minimum absolute atomic E-state index is 0.114. The Morgan fingerprint density at radius 2 is 1.69 bits per heavy atom. The maximum Gasteiger partial charge on any atom is 0.250 e. The number of rotatable bonds is 10. The minimum atomic E-state index is -0.744. The molecule has 4 N–H and O–H groups in total. The highest BCUT2D eigenvalue weighted by molar-refractivity contribution is 7.26. The van der Waals surface area contributed by atoms with Crippen LogP contribution in [0.15, 0.2) is 58.5 Å². The monoisotopic (exact) mass is 765 g/mol. The van der Waals surface area contributed by atoms with E-state index in [-0.39, 0.29) is 35.7 Å². The van der Waals surface area contributed by atoms with Gasteiger partial charge in [0.15, 0.2) is 0 Å². The lowest BCUT2D eigenvalue weighted by molar-refractivity contribution is -0.139. The van der Waals surface area contributed by atoms with Crippen molar-refractivity contribution < 1.29 is 24.3 Å². The lowest BCUT2D eigenvalue weighted by Gasteiger charge is -2.30. The van der Waals surface area contributed by atoms with E-state index >= 15 is 0 Å². The maximum atomic E-state index is 13.9. The van der Waals surface area contributed by atoms with Gasteiger partial charge in [0.2, 0.25) is 23.6 Å². The lowest BCUT2D eigenvalue weighted by atomic mass is 9.99. The molecular formula is C40H43N7O5S2. The Labute approximate surface area is 321 Å². The standard InChI is InChI=1S/C40H43N7O5S2/c1-23(2)34(45-33(50)20-48)39(51)47-16-8-12-32(47)38-42-19-28(44-38)14-13-26-21-53-37-29(22-54-36(26)37)27-17-30(41-18-27)31-11-7-15-46(31)40(52)35(43-24(3)49)25-9-5-4-6-10-25/h4-6,9-10,18-19,21-23,31-32,34-35,48H,7-8,11-12,15-17,20H2,1-3H3,(H,42,44)(H,43,49)(H,45,50)/t31?,32?,34-,35+/m0/s1. The molecule has 14 heteroatoms. The molecule has 2 fully saturated rings. The summed E-state index contributed by atoms with van der Waals surface area (Å²) < 4.78 is 2.26. The summed E-state index contributed by atoms with van der Waals surface area (Å²) >= 11 is 3.30. The van der Waals surface area contributed by atoms with Gasteiger partial charge in [-0.3, -0.25) is 24.2 Å². The quantitative estimate of drug-likeness (QED) is 0.168. The van der Waals surface area contributed by atoms with Gasteiger partial charge in [0.1, 0.15) is 30.2 Å². The fourth-order valence-electron chi connectivity index (χ4n) is 7.55. The molecule has 54 heavy (non-hydrogen) atoms. The molecule has 2 unspecified atom stereocenters. The number of carbonyl (C=O) groups is 4. The summed E-state index contributed by atoms with van der Waals surface area (Å²) in [6, 6.07) is 7.52. The molecular weight excluding hydrogens is 723 g/mol. The zero-order valence-corrected chi connectivity index (χ0v) is 32.1. The van der Waals surface area contributed by atoms with Crippen LogP contribution in [0.1, 0.15) is 93.2 Å². The van der Waals surface area contributed by atoms with Crippen molar-refractivity contribution in [2.24, 2.45) is 10.9 Å². The third kappa shape index (κ3) is 7.62. The first-order valence-electron chi connectivity index (χ1n) is 18.3. The molecule has 3 aliphatic heterocycles. The maximum absolute atomic E-state index is 13.9. The first kappa shape index (κ1) is 37.2. The molecule has 6 heterocycles. The number of imidazole rings is 1. The third-order valence-electron chi connectivity index (χ3n) is 10.2. The van der Waals surface area contributed by atoms with Gasteiger partial charge in [-0.1, -0.05) is 50.1 Å². The van der Waals surface area contributed by atoms with Crippen LogP contribution in [0.2, 0.25) is 0 Å². The number of aliphatic hydroxyl groups is 1. The molecule has 12 nitrogen and oxygen atoms in total. The van der Waals surface area contributed by atoms with Gasteiger partial charge in [0.25, 0.3) is 0 Å². The van der Waals surface area contributed by atoms with Crippen molar-refractivity contribution in [3.8, 4) is 11.8 Å². The molecule has 4 aromatic rings. The third-order valence-corrected chi connectivity index (χ3v) is 12.4. The Kier molecular flexibility index (Phi) is 11.1. The van der Waals surface area contributed by atoms with E-state index in [9.17, 15) is 24.3 Å². The number of aromatic nitrogens is 2. The first-order valence-corrected chi connectivity index (χ1v) is 20.0. The van der Waals surface area contributed by atoms with Crippen molar-refractivity contribution >= 4 is 67.0 Å². The number of fused-ring (bicyclic) bond motifs is 1. The predicted molar refractivity (Wildman–Crippen MR) is 210 cm³/mol. The van der Waals surface area contributed by atoms with Crippen LogP contribution >= 0.6 is 22.7 Å². The molecule has 0 spiro atoms. The topological polar surface area (TPSA) is 160 Å². The number of aliphatic imine (C=N–C) groups is 1. The molecule has 0 saturated carbocycles. The molecule has 7 rings (SSSR count). The van der Waals surface area contributed by atoms with E-state index in [1.54, 1.807) is 33.8 Å². The second kappa shape index (κ2) is 16.1. The van der Waals surface area contributed by atoms with Gasteiger partial charge in [-0.15, -0.1) is 22.7 Å². The van der Waals surface area contributed by atoms with Crippen LogP contribution in [-0.2, 0) is 19.2 Å². The number of amides is 4. The van der Waals surface area contributed by atoms with Crippen LogP contribution < -0.4 is 10.6 Å². The number of hydrogen-bond donors (Lipinski definition) is 4.